The van der Waals surface area contributed by atoms with Crippen LogP contribution in [0.3, 0.4) is 0 Å². The normalized spacial score (nSPS) is 13.1. The van der Waals surface area contributed by atoms with E-state index in [9.17, 15) is 19.2 Å². The number of benzene rings is 2. The van der Waals surface area contributed by atoms with Crippen LogP contribution in [0.15, 0.2) is 42.5 Å². The minimum atomic E-state index is -0.724. The fraction of sp³-hybridized carbons (Fsp3) is 0.333. The van der Waals surface area contributed by atoms with E-state index in [1.807, 2.05) is 46.8 Å². The highest BCUT2D eigenvalue weighted by molar-refractivity contribution is 6.34. The van der Waals surface area contributed by atoms with Gasteiger partial charge < -0.3 is 9.64 Å². The number of anilines is 1. The lowest BCUT2D eigenvalue weighted by atomic mass is 10.1. The van der Waals surface area contributed by atoms with Crippen molar-refractivity contribution in [3.63, 3.8) is 0 Å². The monoisotopic (exact) mass is 422 g/mol. The number of carbonyl (C=O) groups excluding carboxylic acids is 4. The van der Waals surface area contributed by atoms with Gasteiger partial charge >= 0.3 is 5.97 Å². The molecule has 0 aromatic heterocycles. The third-order valence-electron chi connectivity index (χ3n) is 5.21. The number of para-hydroxylation sites is 1. The highest BCUT2D eigenvalue weighted by Gasteiger charge is 2.37. The van der Waals surface area contributed by atoms with Crippen molar-refractivity contribution >= 4 is 29.4 Å². The molecule has 162 valence electrons. The second kappa shape index (κ2) is 8.71. The van der Waals surface area contributed by atoms with Crippen LogP contribution in [0.5, 0.6) is 0 Å². The molecule has 7 heteroatoms. The van der Waals surface area contributed by atoms with Gasteiger partial charge in [-0.15, -0.1) is 0 Å². The van der Waals surface area contributed by atoms with E-state index in [-0.39, 0.29) is 34.7 Å². The van der Waals surface area contributed by atoms with E-state index < -0.39 is 24.4 Å². The third-order valence-corrected chi connectivity index (χ3v) is 5.21. The molecule has 0 radical (unpaired) electrons. The minimum absolute atomic E-state index is 0.0257. The van der Waals surface area contributed by atoms with Gasteiger partial charge in [-0.2, -0.15) is 0 Å². The number of nitrogens with zero attached hydrogens (tertiary/aromatic N) is 2. The number of fused-ring (bicyclic) bond motifs is 1. The summed E-state index contributed by atoms with van der Waals surface area (Å²) in [6.45, 7) is 8.99. The van der Waals surface area contributed by atoms with E-state index in [0.29, 0.717) is 5.69 Å². The summed E-state index contributed by atoms with van der Waals surface area (Å²) in [7, 11) is 0. The Kier molecular flexibility index (Phi) is 6.24. The minimum Gasteiger partial charge on any atom is -0.452 e. The Morgan fingerprint density at radius 3 is 2.16 bits per heavy atom. The van der Waals surface area contributed by atoms with Gasteiger partial charge in [0.15, 0.2) is 6.61 Å². The van der Waals surface area contributed by atoms with E-state index in [4.69, 9.17) is 4.74 Å². The average molecular weight is 422 g/mol. The summed E-state index contributed by atoms with van der Waals surface area (Å²) in [5, 5.41) is 0. The van der Waals surface area contributed by atoms with Gasteiger partial charge in [-0.1, -0.05) is 18.2 Å². The summed E-state index contributed by atoms with van der Waals surface area (Å²) in [6, 6.07) is 11.3. The van der Waals surface area contributed by atoms with Crippen LogP contribution in [-0.2, 0) is 9.53 Å². The molecule has 0 N–H and O–H groups in total. The van der Waals surface area contributed by atoms with Gasteiger partial charge in [0.25, 0.3) is 17.7 Å². The first kappa shape index (κ1) is 22.2. The van der Waals surface area contributed by atoms with Gasteiger partial charge in [0, 0.05) is 12.1 Å². The van der Waals surface area contributed by atoms with Crippen LogP contribution in [-0.4, -0.2) is 47.3 Å². The molecule has 0 unspecified atom stereocenters. The Labute approximate surface area is 181 Å². The molecule has 0 bridgehead atoms. The standard InChI is InChI=1S/C24H26N2O5/c1-14(2)25(15(3)4)21(27)13-31-24(30)17-10-11-18-19(12-17)23(29)26(22(18)28)20-9-7-6-8-16(20)5/h6-12,14-15H,13H2,1-5H3. The van der Waals surface area contributed by atoms with Crippen molar-refractivity contribution in [3.8, 4) is 0 Å². The highest BCUT2D eigenvalue weighted by Crippen LogP contribution is 2.31. The predicted molar refractivity (Wildman–Crippen MR) is 116 cm³/mol. The zero-order valence-electron chi connectivity index (χ0n) is 18.3. The Morgan fingerprint density at radius 1 is 0.935 bits per heavy atom. The van der Waals surface area contributed by atoms with Crippen molar-refractivity contribution < 1.29 is 23.9 Å². The topological polar surface area (TPSA) is 84.0 Å². The maximum atomic E-state index is 12.9. The van der Waals surface area contributed by atoms with Crippen molar-refractivity contribution in [2.45, 2.75) is 46.7 Å². The van der Waals surface area contributed by atoms with Crippen LogP contribution in [0.4, 0.5) is 5.69 Å². The van der Waals surface area contributed by atoms with Gasteiger partial charge in [-0.25, -0.2) is 9.69 Å². The Balaban J connectivity index is 1.78. The molecular weight excluding hydrogens is 396 g/mol. The van der Waals surface area contributed by atoms with E-state index in [1.54, 1.807) is 17.0 Å². The first-order chi connectivity index (χ1) is 14.6. The fourth-order valence-electron chi connectivity index (χ4n) is 3.86. The Hall–Kier alpha value is -3.48. The highest BCUT2D eigenvalue weighted by atomic mass is 16.5. The number of rotatable bonds is 6. The number of esters is 1. The lowest BCUT2D eigenvalue weighted by Crippen LogP contribution is -2.44. The molecule has 0 saturated heterocycles. The van der Waals surface area contributed by atoms with Crippen LogP contribution in [0.2, 0.25) is 0 Å². The summed E-state index contributed by atoms with van der Waals surface area (Å²) >= 11 is 0. The maximum Gasteiger partial charge on any atom is 0.338 e. The lowest BCUT2D eigenvalue weighted by molar-refractivity contribution is -0.138. The molecule has 0 atom stereocenters. The van der Waals surface area contributed by atoms with E-state index in [2.05, 4.69) is 0 Å². The second-order valence-corrected chi connectivity index (χ2v) is 8.06. The number of hydrogen-bond acceptors (Lipinski definition) is 5. The van der Waals surface area contributed by atoms with E-state index in [1.165, 1.54) is 18.2 Å². The predicted octanol–water partition coefficient (Wildman–Crippen LogP) is 3.60. The molecule has 3 rings (SSSR count). The molecule has 2 aromatic carbocycles. The molecule has 1 aliphatic heterocycles. The fourth-order valence-corrected chi connectivity index (χ4v) is 3.86. The summed E-state index contributed by atoms with van der Waals surface area (Å²) in [5.41, 5.74) is 1.77. The summed E-state index contributed by atoms with van der Waals surface area (Å²) in [5.74, 6) is -1.95. The van der Waals surface area contributed by atoms with Crippen LogP contribution < -0.4 is 4.90 Å². The SMILES string of the molecule is Cc1ccccc1N1C(=O)c2ccc(C(=O)OCC(=O)N(C(C)C)C(C)C)cc2C1=O. The molecule has 0 aliphatic carbocycles. The maximum absolute atomic E-state index is 12.9. The lowest BCUT2D eigenvalue weighted by Gasteiger charge is -2.30. The first-order valence-corrected chi connectivity index (χ1v) is 10.2. The molecule has 31 heavy (non-hydrogen) atoms. The number of hydrogen-bond donors (Lipinski definition) is 0. The van der Waals surface area contributed by atoms with Crippen molar-refractivity contribution in [1.29, 1.82) is 0 Å². The Bertz CT molecular complexity index is 1050. The van der Waals surface area contributed by atoms with Crippen LogP contribution in [0, 0.1) is 6.92 Å². The molecule has 0 spiro atoms. The molecule has 1 aliphatic rings. The molecule has 0 saturated carbocycles. The van der Waals surface area contributed by atoms with Gasteiger partial charge in [-0.3, -0.25) is 14.4 Å². The summed E-state index contributed by atoms with van der Waals surface area (Å²) < 4.78 is 5.18. The summed E-state index contributed by atoms with van der Waals surface area (Å²) in [6.07, 6.45) is 0. The van der Waals surface area contributed by atoms with Crippen molar-refractivity contribution in [3.05, 3.63) is 64.7 Å². The van der Waals surface area contributed by atoms with E-state index >= 15 is 0 Å². The quantitative estimate of drug-likeness (QED) is 0.525. The van der Waals surface area contributed by atoms with E-state index in [0.717, 1.165) is 10.5 Å². The molecule has 0 fully saturated rings. The number of aryl methyl sites for hydroxylation is 1. The number of amides is 3. The number of ether oxygens (including phenoxy) is 1. The van der Waals surface area contributed by atoms with Crippen LogP contribution in [0.25, 0.3) is 0 Å². The molecular formula is C24H26N2O5. The van der Waals surface area contributed by atoms with Crippen molar-refractivity contribution in [2.24, 2.45) is 0 Å². The number of imide groups is 1. The number of carbonyl (C=O) groups is 4. The molecule has 3 amide bonds. The van der Waals surface area contributed by atoms with Crippen LogP contribution in [0.1, 0.15) is 64.3 Å². The van der Waals surface area contributed by atoms with Crippen LogP contribution >= 0.6 is 0 Å². The van der Waals surface area contributed by atoms with Gasteiger partial charge in [0.1, 0.15) is 0 Å². The van der Waals surface area contributed by atoms with Crippen molar-refractivity contribution in [2.75, 3.05) is 11.5 Å². The summed E-state index contributed by atoms with van der Waals surface area (Å²) in [4.78, 5) is 53.4. The third kappa shape index (κ3) is 4.21. The zero-order valence-corrected chi connectivity index (χ0v) is 18.3. The average Bonchev–Trinajstić information content (AvgIpc) is 2.96. The zero-order chi connectivity index (χ0) is 22.9. The Morgan fingerprint density at radius 2 is 1.55 bits per heavy atom. The second-order valence-electron chi connectivity index (χ2n) is 8.06. The first-order valence-electron chi connectivity index (χ1n) is 10.2. The largest absolute Gasteiger partial charge is 0.452 e. The molecule has 1 heterocycles. The van der Waals surface area contributed by atoms with Gasteiger partial charge in [0.2, 0.25) is 0 Å². The molecule has 2 aromatic rings. The molecule has 7 nitrogen and oxygen atoms in total. The van der Waals surface area contributed by atoms with Crippen molar-refractivity contribution in [1.82, 2.24) is 4.90 Å². The van der Waals surface area contributed by atoms with Gasteiger partial charge in [-0.05, 0) is 64.4 Å². The smallest absolute Gasteiger partial charge is 0.338 e. The van der Waals surface area contributed by atoms with Gasteiger partial charge in [0.05, 0.1) is 22.4 Å².